The Labute approximate surface area is 107 Å². The summed E-state index contributed by atoms with van der Waals surface area (Å²) in [6.07, 6.45) is 4.94. The Bertz CT molecular complexity index is 193. The molecule has 1 atom stereocenters. The summed E-state index contributed by atoms with van der Waals surface area (Å²) < 4.78 is 0. The van der Waals surface area contributed by atoms with Gasteiger partial charge >= 0.3 is 0 Å². The fraction of sp³-hybridized carbons (Fsp3) is 1.00. The Morgan fingerprint density at radius 2 is 2.00 bits per heavy atom. The van der Waals surface area contributed by atoms with Crippen molar-refractivity contribution in [1.82, 2.24) is 10.2 Å². The number of nitrogens with zero attached hydrogens (tertiary/aromatic N) is 1. The minimum absolute atomic E-state index is 0.216. The molecule has 1 aliphatic carbocycles. The lowest BCUT2D eigenvalue weighted by molar-refractivity contribution is 0.105. The van der Waals surface area contributed by atoms with E-state index in [1.165, 1.54) is 25.7 Å². The number of nitrogens with one attached hydrogen (secondary N) is 1. The highest BCUT2D eigenvalue weighted by Crippen LogP contribution is 2.27. The lowest BCUT2D eigenvalue weighted by Gasteiger charge is -2.25. The third kappa shape index (κ3) is 7.02. The van der Waals surface area contributed by atoms with Gasteiger partial charge in [0.2, 0.25) is 0 Å². The van der Waals surface area contributed by atoms with Gasteiger partial charge in [0.05, 0.1) is 6.10 Å². The molecule has 0 spiro atoms. The van der Waals surface area contributed by atoms with Crippen molar-refractivity contribution in [2.45, 2.75) is 58.6 Å². The first-order valence-corrected chi connectivity index (χ1v) is 7.26. The maximum atomic E-state index is 10.0. The molecule has 0 aliphatic heterocycles. The van der Waals surface area contributed by atoms with Gasteiger partial charge in [0, 0.05) is 19.1 Å². The first-order valence-electron chi connectivity index (χ1n) is 7.26. The quantitative estimate of drug-likeness (QED) is 0.614. The first kappa shape index (κ1) is 14.9. The Morgan fingerprint density at radius 3 is 2.53 bits per heavy atom. The third-order valence-corrected chi connectivity index (χ3v) is 3.24. The van der Waals surface area contributed by atoms with E-state index in [1.807, 2.05) is 0 Å². The highest BCUT2D eigenvalue weighted by Gasteiger charge is 2.29. The minimum atomic E-state index is -0.216. The Hall–Kier alpha value is -0.120. The van der Waals surface area contributed by atoms with Crippen molar-refractivity contribution >= 4 is 0 Å². The fourth-order valence-electron chi connectivity index (χ4n) is 2.10. The molecule has 1 saturated carbocycles. The Morgan fingerprint density at radius 1 is 1.29 bits per heavy atom. The van der Waals surface area contributed by atoms with Crippen molar-refractivity contribution in [2.75, 3.05) is 26.2 Å². The van der Waals surface area contributed by atoms with Gasteiger partial charge in [-0.2, -0.15) is 0 Å². The molecule has 102 valence electrons. The van der Waals surface area contributed by atoms with E-state index in [9.17, 15) is 5.11 Å². The smallest absolute Gasteiger partial charge is 0.0791 e. The van der Waals surface area contributed by atoms with E-state index in [4.69, 9.17) is 0 Å². The summed E-state index contributed by atoms with van der Waals surface area (Å²) in [6.45, 7) is 10.3. The van der Waals surface area contributed by atoms with Crippen LogP contribution in [0.15, 0.2) is 0 Å². The Kier molecular flexibility index (Phi) is 7.09. The number of rotatable bonds is 10. The molecule has 2 N–H and O–H groups in total. The molecule has 1 aliphatic rings. The van der Waals surface area contributed by atoms with Gasteiger partial charge in [0.15, 0.2) is 0 Å². The van der Waals surface area contributed by atoms with E-state index in [0.717, 1.165) is 32.2 Å². The second-order valence-corrected chi connectivity index (χ2v) is 5.79. The maximum Gasteiger partial charge on any atom is 0.0791 e. The second kappa shape index (κ2) is 8.06. The molecule has 17 heavy (non-hydrogen) atoms. The molecule has 1 fully saturated rings. The molecule has 1 rings (SSSR count). The third-order valence-electron chi connectivity index (χ3n) is 3.24. The number of hydrogen-bond donors (Lipinski definition) is 2. The van der Waals surface area contributed by atoms with E-state index in [1.54, 1.807) is 0 Å². The standard InChI is InChI=1S/C14H30N2O/c1-4-5-8-16(13-6-7-13)11-14(17)10-15-9-12(2)3/h12-15,17H,4-11H2,1-3H3. The van der Waals surface area contributed by atoms with E-state index < -0.39 is 0 Å². The van der Waals surface area contributed by atoms with Crippen molar-refractivity contribution in [2.24, 2.45) is 5.92 Å². The highest BCUT2D eigenvalue weighted by atomic mass is 16.3. The predicted octanol–water partition coefficient (Wildman–Crippen LogP) is 1.86. The maximum absolute atomic E-state index is 10.0. The van der Waals surface area contributed by atoms with E-state index in [-0.39, 0.29) is 6.10 Å². The number of hydrogen-bond acceptors (Lipinski definition) is 3. The van der Waals surface area contributed by atoms with Crippen LogP contribution in [0.3, 0.4) is 0 Å². The van der Waals surface area contributed by atoms with Crippen LogP contribution in [0.4, 0.5) is 0 Å². The van der Waals surface area contributed by atoms with Crippen molar-refractivity contribution in [3.63, 3.8) is 0 Å². The molecule has 0 aromatic rings. The molecule has 3 nitrogen and oxygen atoms in total. The van der Waals surface area contributed by atoms with E-state index >= 15 is 0 Å². The predicted molar refractivity (Wildman–Crippen MR) is 73.2 cm³/mol. The average Bonchev–Trinajstić information content (AvgIpc) is 3.07. The van der Waals surface area contributed by atoms with Crippen molar-refractivity contribution in [3.05, 3.63) is 0 Å². The van der Waals surface area contributed by atoms with E-state index in [0.29, 0.717) is 5.92 Å². The summed E-state index contributed by atoms with van der Waals surface area (Å²) in [5.41, 5.74) is 0. The van der Waals surface area contributed by atoms with Gasteiger partial charge in [-0.25, -0.2) is 0 Å². The lowest BCUT2D eigenvalue weighted by Crippen LogP contribution is -2.40. The van der Waals surface area contributed by atoms with Crippen LogP contribution in [-0.2, 0) is 0 Å². The van der Waals surface area contributed by atoms with Crippen LogP contribution in [0.5, 0.6) is 0 Å². The number of aliphatic hydroxyl groups excluding tert-OH is 1. The molecule has 0 aromatic heterocycles. The molecular weight excluding hydrogens is 212 g/mol. The SMILES string of the molecule is CCCCN(CC(O)CNCC(C)C)C1CC1. The van der Waals surface area contributed by atoms with Crippen molar-refractivity contribution in [3.8, 4) is 0 Å². The molecule has 0 radical (unpaired) electrons. The van der Waals surface area contributed by atoms with Crippen LogP contribution in [0, 0.1) is 5.92 Å². The zero-order chi connectivity index (χ0) is 12.7. The zero-order valence-electron chi connectivity index (χ0n) is 11.8. The van der Waals surface area contributed by atoms with Crippen molar-refractivity contribution in [1.29, 1.82) is 0 Å². The van der Waals surface area contributed by atoms with Gasteiger partial charge in [-0.15, -0.1) is 0 Å². The van der Waals surface area contributed by atoms with Crippen LogP contribution in [0.1, 0.15) is 46.5 Å². The van der Waals surface area contributed by atoms with Crippen LogP contribution in [-0.4, -0.2) is 48.3 Å². The summed E-state index contributed by atoms with van der Waals surface area (Å²) in [7, 11) is 0. The summed E-state index contributed by atoms with van der Waals surface area (Å²) in [5, 5.41) is 13.3. The minimum Gasteiger partial charge on any atom is -0.390 e. The van der Waals surface area contributed by atoms with Gasteiger partial charge < -0.3 is 10.4 Å². The summed E-state index contributed by atoms with van der Waals surface area (Å²) in [4.78, 5) is 2.48. The zero-order valence-corrected chi connectivity index (χ0v) is 11.8. The molecule has 0 aromatic carbocycles. The van der Waals surface area contributed by atoms with Gasteiger partial charge in [-0.05, 0) is 38.3 Å². The van der Waals surface area contributed by atoms with Crippen LogP contribution in [0.25, 0.3) is 0 Å². The highest BCUT2D eigenvalue weighted by molar-refractivity contribution is 4.85. The summed E-state index contributed by atoms with van der Waals surface area (Å²) >= 11 is 0. The lowest BCUT2D eigenvalue weighted by atomic mass is 10.2. The summed E-state index contributed by atoms with van der Waals surface area (Å²) in [6, 6.07) is 0.765. The van der Waals surface area contributed by atoms with Gasteiger partial charge in [0.1, 0.15) is 0 Å². The summed E-state index contributed by atoms with van der Waals surface area (Å²) in [5.74, 6) is 0.654. The molecule has 1 unspecified atom stereocenters. The molecule has 0 amide bonds. The monoisotopic (exact) mass is 242 g/mol. The second-order valence-electron chi connectivity index (χ2n) is 5.79. The number of aliphatic hydroxyl groups is 1. The largest absolute Gasteiger partial charge is 0.390 e. The van der Waals surface area contributed by atoms with Gasteiger partial charge in [-0.1, -0.05) is 27.2 Å². The molecule has 0 saturated heterocycles. The van der Waals surface area contributed by atoms with E-state index in [2.05, 4.69) is 31.0 Å². The first-order chi connectivity index (χ1) is 8.13. The van der Waals surface area contributed by atoms with Crippen LogP contribution in [0.2, 0.25) is 0 Å². The molecule has 0 heterocycles. The molecule has 0 bridgehead atoms. The average molecular weight is 242 g/mol. The Balaban J connectivity index is 2.14. The molecular formula is C14H30N2O. The topological polar surface area (TPSA) is 35.5 Å². The normalized spacial score (nSPS) is 18.0. The fourth-order valence-corrected chi connectivity index (χ4v) is 2.10. The van der Waals surface area contributed by atoms with Crippen LogP contribution >= 0.6 is 0 Å². The molecule has 3 heteroatoms. The van der Waals surface area contributed by atoms with Gasteiger partial charge in [-0.3, -0.25) is 4.90 Å². The van der Waals surface area contributed by atoms with Crippen molar-refractivity contribution < 1.29 is 5.11 Å². The van der Waals surface area contributed by atoms with Gasteiger partial charge in [0.25, 0.3) is 0 Å². The van der Waals surface area contributed by atoms with Crippen LogP contribution < -0.4 is 5.32 Å². The number of unbranched alkanes of at least 4 members (excludes halogenated alkanes) is 1.